The Balaban J connectivity index is 2.34. The van der Waals surface area contributed by atoms with Crippen LogP contribution in [0.1, 0.15) is 6.92 Å². The molecule has 0 atom stereocenters. The van der Waals surface area contributed by atoms with Crippen molar-refractivity contribution in [1.29, 1.82) is 0 Å². The van der Waals surface area contributed by atoms with Gasteiger partial charge in [-0.05, 0) is 0 Å². The molecule has 0 amide bonds. The zero-order chi connectivity index (χ0) is 4.83. The molecule has 0 heterocycles. The fourth-order valence-corrected chi connectivity index (χ4v) is 0.572. The Kier molecular flexibility index (Phi) is 6.32. The first-order valence-corrected chi connectivity index (χ1v) is 4.80. The molecular formula is C2H6O3Sn. The van der Waals surface area contributed by atoms with Crippen LogP contribution in [0.5, 0.6) is 0 Å². The van der Waals surface area contributed by atoms with E-state index in [9.17, 15) is 0 Å². The fourth-order valence-electron chi connectivity index (χ4n) is 0.0853. The summed E-state index contributed by atoms with van der Waals surface area (Å²) in [6.07, 6.45) is 0. The molecule has 0 aliphatic carbocycles. The molecule has 0 bridgehead atoms. The Morgan fingerprint density at radius 2 is 2.50 bits per heavy atom. The molecule has 0 aliphatic rings. The third kappa shape index (κ3) is 4.68. The van der Waals surface area contributed by atoms with Crippen molar-refractivity contribution in [2.75, 3.05) is 0 Å². The molecule has 2 radical (unpaired) electrons. The molecule has 3 nitrogen and oxygen atoms in total. The summed E-state index contributed by atoms with van der Waals surface area (Å²) in [6.45, 7) is 1.99. The molecule has 36 valence electrons. The molecule has 4 heteroatoms. The first-order valence-electron chi connectivity index (χ1n) is 1.61. The van der Waals surface area contributed by atoms with E-state index in [0.29, 0.717) is 0 Å². The molecule has 0 saturated heterocycles. The van der Waals surface area contributed by atoms with E-state index in [2.05, 4.69) is 8.26 Å². The predicted octanol–water partition coefficient (Wildman–Crippen LogP) is 0.465. The van der Waals surface area contributed by atoms with Gasteiger partial charge in [0.1, 0.15) is 0 Å². The quantitative estimate of drug-likeness (QED) is 0.309. The molecular weight excluding hydrogens is 191 g/mol. The van der Waals surface area contributed by atoms with E-state index in [1.165, 1.54) is 0 Å². The van der Waals surface area contributed by atoms with Gasteiger partial charge in [-0.2, -0.15) is 0 Å². The first-order chi connectivity index (χ1) is 2.91. The van der Waals surface area contributed by atoms with Crippen LogP contribution in [0.2, 0.25) is 4.44 Å². The van der Waals surface area contributed by atoms with Crippen LogP contribution in [0.25, 0.3) is 0 Å². The molecule has 0 saturated carbocycles. The monoisotopic (exact) mass is 198 g/mol. The van der Waals surface area contributed by atoms with Crippen LogP contribution >= 0.6 is 0 Å². The molecule has 1 N–H and O–H groups in total. The average Bonchev–Trinajstić information content (AvgIpc) is 1.61. The molecule has 0 aromatic carbocycles. The second-order valence-electron chi connectivity index (χ2n) is 0.656. The van der Waals surface area contributed by atoms with E-state index in [1.807, 2.05) is 6.92 Å². The van der Waals surface area contributed by atoms with Gasteiger partial charge in [0.15, 0.2) is 0 Å². The number of rotatable bonds is 3. The van der Waals surface area contributed by atoms with E-state index in [-0.39, 0.29) is 0 Å². The van der Waals surface area contributed by atoms with Crippen LogP contribution in [0.3, 0.4) is 0 Å². The van der Waals surface area contributed by atoms with E-state index in [0.717, 1.165) is 4.44 Å². The number of hydrogen-bond acceptors (Lipinski definition) is 3. The summed E-state index contributed by atoms with van der Waals surface area (Å²) in [5.41, 5.74) is 0. The summed E-state index contributed by atoms with van der Waals surface area (Å²) in [5.74, 6) is 0. The van der Waals surface area contributed by atoms with Crippen molar-refractivity contribution in [2.24, 2.45) is 0 Å². The fraction of sp³-hybridized carbons (Fsp3) is 1.00. The second kappa shape index (κ2) is 5.68. The summed E-state index contributed by atoms with van der Waals surface area (Å²) in [6, 6.07) is 0. The maximum absolute atomic E-state index is 7.52. The van der Waals surface area contributed by atoms with Gasteiger partial charge in [0.25, 0.3) is 0 Å². The zero-order valence-electron chi connectivity index (χ0n) is 3.47. The summed E-state index contributed by atoms with van der Waals surface area (Å²) >= 11 is -0.773. The molecule has 0 aromatic heterocycles. The summed E-state index contributed by atoms with van der Waals surface area (Å²) < 4.78 is 5.23. The van der Waals surface area contributed by atoms with Gasteiger partial charge in [-0.15, -0.1) is 0 Å². The van der Waals surface area contributed by atoms with Crippen LogP contribution in [0.4, 0.5) is 0 Å². The van der Waals surface area contributed by atoms with Crippen molar-refractivity contribution in [3.05, 3.63) is 0 Å². The van der Waals surface area contributed by atoms with E-state index < -0.39 is 21.6 Å². The summed E-state index contributed by atoms with van der Waals surface area (Å²) in [4.78, 5) is 0. The zero-order valence-corrected chi connectivity index (χ0v) is 6.32. The minimum absolute atomic E-state index is 0.773. The van der Waals surface area contributed by atoms with E-state index in [1.54, 1.807) is 0 Å². The van der Waals surface area contributed by atoms with Crippen molar-refractivity contribution in [1.82, 2.24) is 0 Å². The predicted molar refractivity (Wildman–Crippen MR) is 21.0 cm³/mol. The van der Waals surface area contributed by atoms with E-state index in [4.69, 9.17) is 5.26 Å². The van der Waals surface area contributed by atoms with Gasteiger partial charge in [0.05, 0.1) is 0 Å². The van der Waals surface area contributed by atoms with Crippen LogP contribution in [-0.2, 0) is 8.26 Å². The van der Waals surface area contributed by atoms with Gasteiger partial charge >= 0.3 is 46.4 Å². The second-order valence-corrected chi connectivity index (χ2v) is 3.97. The molecule has 6 heavy (non-hydrogen) atoms. The third-order valence-electron chi connectivity index (χ3n) is 0.241. The van der Waals surface area contributed by atoms with Crippen molar-refractivity contribution < 1.29 is 13.5 Å². The topological polar surface area (TPSA) is 38.7 Å². The standard InChI is InChI=1S/C2H5.H2O3.Sn/c1-2;1-3-2;/h1H2,2H3;1-2H;/q;;+1/p-1. The summed E-state index contributed by atoms with van der Waals surface area (Å²) in [7, 11) is 0. The van der Waals surface area contributed by atoms with Crippen LogP contribution in [-0.4, -0.2) is 26.8 Å². The van der Waals surface area contributed by atoms with Crippen LogP contribution in [0.15, 0.2) is 0 Å². The Hall–Kier alpha value is 0.679. The third-order valence-corrected chi connectivity index (χ3v) is 1.61. The van der Waals surface area contributed by atoms with E-state index >= 15 is 0 Å². The van der Waals surface area contributed by atoms with Gasteiger partial charge in [0, 0.05) is 0 Å². The van der Waals surface area contributed by atoms with Crippen molar-refractivity contribution in [3.63, 3.8) is 0 Å². The Bertz CT molecular complexity index is 20.8. The van der Waals surface area contributed by atoms with Crippen LogP contribution in [0, 0.1) is 0 Å². The molecule has 0 spiro atoms. The van der Waals surface area contributed by atoms with Gasteiger partial charge in [-0.1, -0.05) is 0 Å². The maximum atomic E-state index is 7.52. The minimum atomic E-state index is -0.773. The van der Waals surface area contributed by atoms with Crippen LogP contribution < -0.4 is 0 Å². The molecule has 0 fully saturated rings. The first kappa shape index (κ1) is 6.68. The summed E-state index contributed by atoms with van der Waals surface area (Å²) in [5, 5.41) is 10.9. The Morgan fingerprint density at radius 3 is 2.67 bits per heavy atom. The normalized spacial score (nSPS) is 9.00. The van der Waals surface area contributed by atoms with Crippen molar-refractivity contribution in [2.45, 2.75) is 11.4 Å². The molecule has 0 aliphatic heterocycles. The number of hydrogen-bond donors (Lipinski definition) is 1. The van der Waals surface area contributed by atoms with Gasteiger partial charge in [0.2, 0.25) is 0 Å². The van der Waals surface area contributed by atoms with Crippen molar-refractivity contribution >= 4 is 21.6 Å². The molecule has 0 rings (SSSR count). The Morgan fingerprint density at radius 1 is 1.83 bits per heavy atom. The van der Waals surface area contributed by atoms with Gasteiger partial charge in [-0.3, -0.25) is 0 Å². The Labute approximate surface area is 46.9 Å². The molecule has 0 aromatic rings. The van der Waals surface area contributed by atoms with Gasteiger partial charge < -0.3 is 0 Å². The average molecular weight is 197 g/mol. The van der Waals surface area contributed by atoms with Gasteiger partial charge in [-0.25, -0.2) is 0 Å². The molecule has 0 unspecified atom stereocenters. The SMILES string of the molecule is C[CH2][Sn][O]OO. The van der Waals surface area contributed by atoms with Crippen molar-refractivity contribution in [3.8, 4) is 0 Å².